The number of benzene rings is 2. The monoisotopic (exact) mass is 416 g/mol. The van der Waals surface area contributed by atoms with Gasteiger partial charge in [0, 0.05) is 32.9 Å². The van der Waals surface area contributed by atoms with E-state index in [9.17, 15) is 0 Å². The molecule has 4 aromatic rings. The van der Waals surface area contributed by atoms with Gasteiger partial charge in [-0.3, -0.25) is 10.1 Å². The molecule has 0 aliphatic carbocycles. The number of hydrogen-bond donors (Lipinski definition) is 1. The lowest BCUT2D eigenvalue weighted by Gasteiger charge is -2.07. The summed E-state index contributed by atoms with van der Waals surface area (Å²) in [5.74, 6) is 1.88. The van der Waals surface area contributed by atoms with Gasteiger partial charge >= 0.3 is 0 Å². The number of rotatable bonds is 5. The molecule has 5 nitrogen and oxygen atoms in total. The fraction of sp³-hybridized carbons (Fsp3) is 0.105. The van der Waals surface area contributed by atoms with E-state index < -0.39 is 0 Å². The lowest BCUT2D eigenvalue weighted by Crippen LogP contribution is -1.90. The molecule has 0 amide bonds. The summed E-state index contributed by atoms with van der Waals surface area (Å²) < 4.78 is 5.38. The zero-order chi connectivity index (χ0) is 18.8. The number of H-pyrrole nitrogens is 1. The Kier molecular flexibility index (Phi) is 5.20. The summed E-state index contributed by atoms with van der Waals surface area (Å²) in [6, 6.07) is 13.1. The molecule has 0 saturated carbocycles. The van der Waals surface area contributed by atoms with Gasteiger partial charge in [-0.05, 0) is 30.3 Å². The van der Waals surface area contributed by atoms with Crippen molar-refractivity contribution in [2.24, 2.45) is 0 Å². The van der Waals surface area contributed by atoms with Crippen LogP contribution < -0.4 is 4.74 Å². The van der Waals surface area contributed by atoms with Crippen molar-refractivity contribution < 1.29 is 4.74 Å². The predicted molar refractivity (Wildman–Crippen MR) is 110 cm³/mol. The first-order valence-corrected chi connectivity index (χ1v) is 9.81. The highest BCUT2D eigenvalue weighted by atomic mass is 35.5. The van der Waals surface area contributed by atoms with Crippen LogP contribution in [0.5, 0.6) is 5.75 Å². The number of nitrogens with zero attached hydrogens (tertiary/aromatic N) is 3. The number of methoxy groups -OCH3 is 1. The minimum atomic E-state index is 0.596. The molecule has 0 fully saturated rings. The van der Waals surface area contributed by atoms with Crippen molar-refractivity contribution in [3.63, 3.8) is 0 Å². The summed E-state index contributed by atoms with van der Waals surface area (Å²) in [5.41, 5.74) is 2.62. The number of aromatic amines is 1. The molecule has 0 aliphatic heterocycles. The van der Waals surface area contributed by atoms with E-state index in [0.29, 0.717) is 32.5 Å². The van der Waals surface area contributed by atoms with E-state index in [1.807, 2.05) is 24.3 Å². The fourth-order valence-corrected chi connectivity index (χ4v) is 4.05. The lowest BCUT2D eigenvalue weighted by atomic mass is 10.1. The average Bonchev–Trinajstić information content (AvgIpc) is 3.16. The second kappa shape index (κ2) is 7.76. The van der Waals surface area contributed by atoms with Gasteiger partial charge in [0.05, 0.1) is 18.2 Å². The van der Waals surface area contributed by atoms with Crippen molar-refractivity contribution in [2.75, 3.05) is 7.11 Å². The van der Waals surface area contributed by atoms with Gasteiger partial charge in [-0.15, -0.1) is 5.10 Å². The van der Waals surface area contributed by atoms with Crippen LogP contribution in [0.25, 0.3) is 22.3 Å². The van der Waals surface area contributed by atoms with Crippen LogP contribution in [0.4, 0.5) is 0 Å². The standard InChI is InChI=1S/C19H14Cl2N4OS/c1-26-16-7-5-12(20)9-13(16)18-23-19(25-24-18)27-10-14-15(21)6-4-11-3-2-8-22-17(11)14/h2-9H,10H2,1H3,(H,23,24,25). The molecule has 27 heavy (non-hydrogen) atoms. The first-order chi connectivity index (χ1) is 13.2. The van der Waals surface area contributed by atoms with Gasteiger partial charge in [0.2, 0.25) is 5.16 Å². The van der Waals surface area contributed by atoms with Crippen LogP contribution in [0, 0.1) is 0 Å². The second-order valence-electron chi connectivity index (χ2n) is 5.70. The number of thioether (sulfide) groups is 1. The third-order valence-corrected chi connectivity index (χ3v) is 5.51. The van der Waals surface area contributed by atoms with Crippen molar-refractivity contribution in [3.8, 4) is 17.1 Å². The number of fused-ring (bicyclic) bond motifs is 1. The Morgan fingerprint density at radius 2 is 2.04 bits per heavy atom. The third kappa shape index (κ3) is 3.74. The largest absolute Gasteiger partial charge is 0.496 e. The van der Waals surface area contributed by atoms with E-state index in [1.165, 1.54) is 11.8 Å². The van der Waals surface area contributed by atoms with E-state index >= 15 is 0 Å². The molecule has 0 aliphatic rings. The molecular weight excluding hydrogens is 403 g/mol. The summed E-state index contributed by atoms with van der Waals surface area (Å²) in [4.78, 5) is 9.01. The number of nitrogens with one attached hydrogen (secondary N) is 1. The van der Waals surface area contributed by atoms with Crippen molar-refractivity contribution in [1.82, 2.24) is 20.2 Å². The number of pyridine rings is 1. The highest BCUT2D eigenvalue weighted by Gasteiger charge is 2.14. The molecule has 4 rings (SSSR count). The normalized spacial score (nSPS) is 11.1. The number of aromatic nitrogens is 4. The first kappa shape index (κ1) is 18.1. The highest BCUT2D eigenvalue weighted by Crippen LogP contribution is 2.33. The average molecular weight is 417 g/mol. The summed E-state index contributed by atoms with van der Waals surface area (Å²) in [7, 11) is 1.61. The minimum Gasteiger partial charge on any atom is -0.496 e. The molecule has 0 bridgehead atoms. The fourth-order valence-electron chi connectivity index (χ4n) is 2.75. The molecular formula is C19H14Cl2N4OS. The summed E-state index contributed by atoms with van der Waals surface area (Å²) in [6.45, 7) is 0. The Labute approximate surface area is 170 Å². The van der Waals surface area contributed by atoms with Crippen LogP contribution in [0.15, 0.2) is 53.8 Å². The van der Waals surface area contributed by atoms with Gasteiger partial charge in [-0.25, -0.2) is 4.98 Å². The van der Waals surface area contributed by atoms with Crippen LogP contribution in [-0.2, 0) is 5.75 Å². The van der Waals surface area contributed by atoms with Crippen LogP contribution in [-0.4, -0.2) is 27.3 Å². The molecule has 1 N–H and O–H groups in total. The molecule has 8 heteroatoms. The van der Waals surface area contributed by atoms with Crippen molar-refractivity contribution in [2.45, 2.75) is 10.9 Å². The Bertz CT molecular complexity index is 1120. The first-order valence-electron chi connectivity index (χ1n) is 8.07. The zero-order valence-electron chi connectivity index (χ0n) is 14.2. The molecule has 0 unspecified atom stereocenters. The van der Waals surface area contributed by atoms with Crippen molar-refractivity contribution >= 4 is 45.9 Å². The molecule has 0 atom stereocenters. The van der Waals surface area contributed by atoms with E-state index in [4.69, 9.17) is 27.9 Å². The molecule has 136 valence electrons. The topological polar surface area (TPSA) is 63.7 Å². The van der Waals surface area contributed by atoms with Gasteiger partial charge < -0.3 is 4.74 Å². The van der Waals surface area contributed by atoms with Gasteiger partial charge in [-0.2, -0.15) is 0 Å². The van der Waals surface area contributed by atoms with Crippen LogP contribution in [0.2, 0.25) is 10.0 Å². The van der Waals surface area contributed by atoms with Crippen LogP contribution >= 0.6 is 35.0 Å². The van der Waals surface area contributed by atoms with Crippen LogP contribution in [0.1, 0.15) is 5.56 Å². The quantitative estimate of drug-likeness (QED) is 0.427. The second-order valence-corrected chi connectivity index (χ2v) is 7.49. The molecule has 0 saturated heterocycles. The number of hydrogen-bond acceptors (Lipinski definition) is 5. The van der Waals surface area contributed by atoms with E-state index in [2.05, 4.69) is 20.2 Å². The Hall–Kier alpha value is -2.28. The van der Waals surface area contributed by atoms with Gasteiger partial charge in [0.15, 0.2) is 5.82 Å². The Morgan fingerprint density at radius 3 is 2.89 bits per heavy atom. The molecule has 0 radical (unpaired) electrons. The number of halogens is 2. The summed E-state index contributed by atoms with van der Waals surface area (Å²) >= 11 is 14.0. The summed E-state index contributed by atoms with van der Waals surface area (Å²) in [6.07, 6.45) is 1.77. The van der Waals surface area contributed by atoms with E-state index in [0.717, 1.165) is 22.0 Å². The third-order valence-electron chi connectivity index (χ3n) is 4.05. The zero-order valence-corrected chi connectivity index (χ0v) is 16.6. The maximum absolute atomic E-state index is 6.39. The van der Waals surface area contributed by atoms with E-state index in [-0.39, 0.29) is 0 Å². The lowest BCUT2D eigenvalue weighted by molar-refractivity contribution is 0.416. The molecule has 2 aromatic heterocycles. The SMILES string of the molecule is COc1ccc(Cl)cc1-c1nc(SCc2c(Cl)ccc3cccnc23)n[nH]1. The van der Waals surface area contributed by atoms with E-state index in [1.54, 1.807) is 31.5 Å². The van der Waals surface area contributed by atoms with Gasteiger partial charge in [0.1, 0.15) is 5.75 Å². The Balaban J connectivity index is 1.60. The van der Waals surface area contributed by atoms with Crippen molar-refractivity contribution in [3.05, 3.63) is 64.3 Å². The van der Waals surface area contributed by atoms with Gasteiger partial charge in [-0.1, -0.05) is 47.1 Å². The molecule has 2 heterocycles. The maximum atomic E-state index is 6.39. The van der Waals surface area contributed by atoms with Crippen LogP contribution in [0.3, 0.4) is 0 Å². The smallest absolute Gasteiger partial charge is 0.209 e. The van der Waals surface area contributed by atoms with Gasteiger partial charge in [0.25, 0.3) is 0 Å². The molecule has 2 aromatic carbocycles. The Morgan fingerprint density at radius 1 is 1.15 bits per heavy atom. The molecule has 0 spiro atoms. The maximum Gasteiger partial charge on any atom is 0.209 e. The summed E-state index contributed by atoms with van der Waals surface area (Å²) in [5, 5.41) is 10.2. The highest BCUT2D eigenvalue weighted by molar-refractivity contribution is 7.98. The predicted octanol–water partition coefficient (Wildman–Crippen LogP) is 5.63. The van der Waals surface area contributed by atoms with Crippen molar-refractivity contribution in [1.29, 1.82) is 0 Å². The minimum absolute atomic E-state index is 0.596. The number of ether oxygens (including phenoxy) is 1.